The summed E-state index contributed by atoms with van der Waals surface area (Å²) in [4.78, 5) is 0. The predicted molar refractivity (Wildman–Crippen MR) is 68.9 cm³/mol. The van der Waals surface area contributed by atoms with Gasteiger partial charge in [-0.15, -0.1) is 0 Å². The molecule has 0 aliphatic heterocycles. The Kier molecular flexibility index (Phi) is 5.33. The molecule has 0 saturated carbocycles. The second kappa shape index (κ2) is 6.54. The quantitative estimate of drug-likeness (QED) is 0.796. The lowest BCUT2D eigenvalue weighted by molar-refractivity contribution is 0.332. The van der Waals surface area contributed by atoms with Gasteiger partial charge in [0.05, 0.1) is 6.61 Å². The Hall–Kier alpha value is -1.02. The normalized spacial score (nSPS) is 12.5. The van der Waals surface area contributed by atoms with Gasteiger partial charge in [-0.25, -0.2) is 0 Å². The average molecular weight is 221 g/mol. The lowest BCUT2D eigenvalue weighted by Crippen LogP contribution is -2.24. The number of hydrogen-bond donors (Lipinski definition) is 1. The molecule has 2 heteroatoms. The van der Waals surface area contributed by atoms with E-state index in [1.165, 1.54) is 11.1 Å². The predicted octanol–water partition coefficient (Wildman–Crippen LogP) is 3.28. The third-order valence-corrected chi connectivity index (χ3v) is 2.84. The van der Waals surface area contributed by atoms with E-state index in [1.54, 1.807) is 0 Å². The molecule has 0 heterocycles. The molecule has 1 N–H and O–H groups in total. The maximum absolute atomic E-state index is 5.69. The molecule has 90 valence electrons. The zero-order chi connectivity index (χ0) is 12.0. The Morgan fingerprint density at radius 2 is 2.06 bits per heavy atom. The molecule has 2 nitrogen and oxygen atoms in total. The summed E-state index contributed by atoms with van der Waals surface area (Å²) in [7, 11) is 0. The number of rotatable bonds is 6. The summed E-state index contributed by atoms with van der Waals surface area (Å²) in [6.07, 6.45) is 1.15. The van der Waals surface area contributed by atoms with Crippen LogP contribution < -0.4 is 10.1 Å². The van der Waals surface area contributed by atoms with Crippen LogP contribution in [-0.2, 0) is 6.54 Å². The fraction of sp³-hybridized carbons (Fsp3) is 0.571. The first-order chi connectivity index (χ1) is 7.69. The average Bonchev–Trinajstić information content (AvgIpc) is 2.29. The Balaban J connectivity index is 2.74. The maximum atomic E-state index is 5.69. The van der Waals surface area contributed by atoms with E-state index in [0.717, 1.165) is 25.3 Å². The van der Waals surface area contributed by atoms with Crippen LogP contribution in [0.4, 0.5) is 0 Å². The number of ether oxygens (including phenoxy) is 1. The smallest absolute Gasteiger partial charge is 0.126 e. The Bertz CT molecular complexity index is 323. The van der Waals surface area contributed by atoms with Gasteiger partial charge in [0, 0.05) is 18.2 Å². The van der Waals surface area contributed by atoms with Gasteiger partial charge in [-0.05, 0) is 32.8 Å². The second-order valence-corrected chi connectivity index (χ2v) is 4.19. The highest BCUT2D eigenvalue weighted by Crippen LogP contribution is 2.23. The van der Waals surface area contributed by atoms with Crippen LogP contribution in [0, 0.1) is 6.92 Å². The first kappa shape index (κ1) is 13.0. The number of hydrogen-bond acceptors (Lipinski definition) is 2. The fourth-order valence-corrected chi connectivity index (χ4v) is 1.63. The molecule has 1 rings (SSSR count). The first-order valence-electron chi connectivity index (χ1n) is 6.13. The molecule has 0 radical (unpaired) electrons. The largest absolute Gasteiger partial charge is 0.493 e. The summed E-state index contributed by atoms with van der Waals surface area (Å²) in [6, 6.07) is 6.87. The van der Waals surface area contributed by atoms with Crippen LogP contribution in [0.3, 0.4) is 0 Å². The van der Waals surface area contributed by atoms with E-state index in [4.69, 9.17) is 4.74 Å². The van der Waals surface area contributed by atoms with E-state index >= 15 is 0 Å². The molecule has 0 fully saturated rings. The van der Waals surface area contributed by atoms with Crippen molar-refractivity contribution in [2.75, 3.05) is 6.61 Å². The van der Waals surface area contributed by atoms with Gasteiger partial charge in [0.15, 0.2) is 0 Å². The standard InChI is InChI=1S/C14H23NO/c1-5-12(4)15-10-13-9-7-8-11(3)14(13)16-6-2/h7-9,12,15H,5-6,10H2,1-4H3/t12-/m1/s1. The SMILES string of the molecule is CCOc1c(C)cccc1CN[C@H](C)CC. The van der Waals surface area contributed by atoms with Crippen LogP contribution in [0.5, 0.6) is 5.75 Å². The molecule has 0 bridgehead atoms. The number of benzene rings is 1. The van der Waals surface area contributed by atoms with Crippen molar-refractivity contribution in [1.29, 1.82) is 0 Å². The van der Waals surface area contributed by atoms with E-state index in [0.29, 0.717) is 6.04 Å². The molecular weight excluding hydrogens is 198 g/mol. The van der Waals surface area contributed by atoms with Crippen LogP contribution in [0.25, 0.3) is 0 Å². The molecule has 1 aromatic rings. The topological polar surface area (TPSA) is 21.3 Å². The highest BCUT2D eigenvalue weighted by Gasteiger charge is 2.07. The molecule has 0 saturated heterocycles. The Labute approximate surface area is 99.0 Å². The third kappa shape index (κ3) is 3.53. The van der Waals surface area contributed by atoms with E-state index in [9.17, 15) is 0 Å². The molecule has 0 aliphatic rings. The summed E-state index contributed by atoms with van der Waals surface area (Å²) < 4.78 is 5.69. The molecule has 0 amide bonds. The summed E-state index contributed by atoms with van der Waals surface area (Å²) in [6.45, 7) is 10.1. The summed E-state index contributed by atoms with van der Waals surface area (Å²) in [5.74, 6) is 1.04. The number of aryl methyl sites for hydroxylation is 1. The van der Waals surface area contributed by atoms with Crippen molar-refractivity contribution in [2.24, 2.45) is 0 Å². The van der Waals surface area contributed by atoms with E-state index in [-0.39, 0.29) is 0 Å². The van der Waals surface area contributed by atoms with Crippen LogP contribution in [-0.4, -0.2) is 12.6 Å². The van der Waals surface area contributed by atoms with Crippen LogP contribution in [0.1, 0.15) is 38.3 Å². The minimum atomic E-state index is 0.551. The maximum Gasteiger partial charge on any atom is 0.126 e. The van der Waals surface area contributed by atoms with Gasteiger partial charge >= 0.3 is 0 Å². The van der Waals surface area contributed by atoms with Crippen LogP contribution in [0.2, 0.25) is 0 Å². The van der Waals surface area contributed by atoms with Crippen LogP contribution >= 0.6 is 0 Å². The Morgan fingerprint density at radius 3 is 2.69 bits per heavy atom. The van der Waals surface area contributed by atoms with Gasteiger partial charge < -0.3 is 10.1 Å². The lowest BCUT2D eigenvalue weighted by Gasteiger charge is -2.16. The molecule has 0 spiro atoms. The van der Waals surface area contributed by atoms with E-state index in [1.807, 2.05) is 6.92 Å². The third-order valence-electron chi connectivity index (χ3n) is 2.84. The molecule has 0 unspecified atom stereocenters. The van der Waals surface area contributed by atoms with Crippen molar-refractivity contribution in [3.05, 3.63) is 29.3 Å². The van der Waals surface area contributed by atoms with E-state index in [2.05, 4.69) is 44.3 Å². The van der Waals surface area contributed by atoms with Gasteiger partial charge in [-0.1, -0.05) is 25.1 Å². The first-order valence-corrected chi connectivity index (χ1v) is 6.13. The number of para-hydroxylation sites is 1. The lowest BCUT2D eigenvalue weighted by atomic mass is 10.1. The molecule has 0 aliphatic carbocycles. The van der Waals surface area contributed by atoms with Crippen molar-refractivity contribution in [1.82, 2.24) is 5.32 Å². The monoisotopic (exact) mass is 221 g/mol. The van der Waals surface area contributed by atoms with Gasteiger partial charge in [-0.3, -0.25) is 0 Å². The Morgan fingerprint density at radius 1 is 1.31 bits per heavy atom. The van der Waals surface area contributed by atoms with Crippen molar-refractivity contribution < 1.29 is 4.74 Å². The highest BCUT2D eigenvalue weighted by atomic mass is 16.5. The fourth-order valence-electron chi connectivity index (χ4n) is 1.63. The van der Waals surface area contributed by atoms with Crippen molar-refractivity contribution in [3.63, 3.8) is 0 Å². The summed E-state index contributed by atoms with van der Waals surface area (Å²) in [5.41, 5.74) is 2.47. The number of nitrogens with one attached hydrogen (secondary N) is 1. The molecule has 16 heavy (non-hydrogen) atoms. The van der Waals surface area contributed by atoms with Gasteiger partial charge in [0.25, 0.3) is 0 Å². The second-order valence-electron chi connectivity index (χ2n) is 4.19. The summed E-state index contributed by atoms with van der Waals surface area (Å²) >= 11 is 0. The minimum absolute atomic E-state index is 0.551. The molecular formula is C14H23NO. The van der Waals surface area contributed by atoms with Crippen LogP contribution in [0.15, 0.2) is 18.2 Å². The van der Waals surface area contributed by atoms with Gasteiger partial charge in [0.2, 0.25) is 0 Å². The van der Waals surface area contributed by atoms with Gasteiger partial charge in [0.1, 0.15) is 5.75 Å². The molecule has 0 aromatic heterocycles. The minimum Gasteiger partial charge on any atom is -0.493 e. The van der Waals surface area contributed by atoms with E-state index < -0.39 is 0 Å². The molecule has 1 aromatic carbocycles. The van der Waals surface area contributed by atoms with Gasteiger partial charge in [-0.2, -0.15) is 0 Å². The zero-order valence-corrected chi connectivity index (χ0v) is 10.8. The molecule has 1 atom stereocenters. The zero-order valence-electron chi connectivity index (χ0n) is 10.8. The van der Waals surface area contributed by atoms with Crippen molar-refractivity contribution >= 4 is 0 Å². The highest BCUT2D eigenvalue weighted by molar-refractivity contribution is 5.40. The van der Waals surface area contributed by atoms with Crippen molar-refractivity contribution in [3.8, 4) is 5.75 Å². The summed E-state index contributed by atoms with van der Waals surface area (Å²) in [5, 5.41) is 3.49. The van der Waals surface area contributed by atoms with Crippen molar-refractivity contribution in [2.45, 2.75) is 46.7 Å².